The van der Waals surface area contributed by atoms with Gasteiger partial charge in [0.15, 0.2) is 23.0 Å². The molecule has 0 bridgehead atoms. The van der Waals surface area contributed by atoms with Crippen LogP contribution in [0.1, 0.15) is 0 Å². The Morgan fingerprint density at radius 3 is 1.12 bits per heavy atom. The van der Waals surface area contributed by atoms with Crippen molar-refractivity contribution in [2.24, 2.45) is 0 Å². The molecule has 0 saturated heterocycles. The van der Waals surface area contributed by atoms with Gasteiger partial charge in [-0.05, 0) is 48.5 Å². The molecule has 9 nitrogen and oxygen atoms in total. The molecule has 3 heterocycles. The Bertz CT molecular complexity index is 1480. The molecule has 41 heavy (non-hydrogen) atoms. The van der Waals surface area contributed by atoms with Crippen molar-refractivity contribution in [2.45, 2.75) is 0 Å². The summed E-state index contributed by atoms with van der Waals surface area (Å²) in [5.74, 6) is 3.10. The molecule has 0 spiro atoms. The summed E-state index contributed by atoms with van der Waals surface area (Å²) in [5.41, 5.74) is 6.38. The zero-order valence-electron chi connectivity index (χ0n) is 23.8. The van der Waals surface area contributed by atoms with E-state index >= 15 is 0 Å². The first-order valence-electron chi connectivity index (χ1n) is 12.8. The van der Waals surface area contributed by atoms with E-state index < -0.39 is 0 Å². The van der Waals surface area contributed by atoms with E-state index in [1.807, 2.05) is 60.7 Å². The van der Waals surface area contributed by atoms with Crippen LogP contribution in [0.2, 0.25) is 0 Å². The number of hydrogen-bond donors (Lipinski definition) is 1. The molecule has 5 aromatic rings. The van der Waals surface area contributed by atoms with Gasteiger partial charge in [0, 0.05) is 34.6 Å². The number of methoxy groups -OCH3 is 6. The van der Waals surface area contributed by atoms with Crippen LogP contribution in [-0.2, 0) is 0 Å². The van der Waals surface area contributed by atoms with Gasteiger partial charge >= 0.3 is 0 Å². The third-order valence-electron chi connectivity index (χ3n) is 6.75. The normalized spacial score (nSPS) is 10.7. The molecule has 5 rings (SSSR count). The SMILES string of the molecule is COc1cc(-c2[nH]c(-c3cc(OC)c(OC)c(OC)c3)c(-c3ccccn3)c2-c2ccccn2)cc(OC)c1OC. The molecule has 0 aliphatic heterocycles. The van der Waals surface area contributed by atoms with Crippen LogP contribution in [0.3, 0.4) is 0 Å². The highest BCUT2D eigenvalue weighted by Gasteiger charge is 2.27. The second-order valence-corrected chi connectivity index (χ2v) is 8.88. The summed E-state index contributed by atoms with van der Waals surface area (Å²) in [6, 6.07) is 19.2. The van der Waals surface area contributed by atoms with Crippen LogP contribution in [-0.4, -0.2) is 57.6 Å². The number of H-pyrrole nitrogens is 1. The lowest BCUT2D eigenvalue weighted by molar-refractivity contribution is 0.324. The Morgan fingerprint density at radius 2 is 0.854 bits per heavy atom. The molecule has 1 N–H and O–H groups in total. The minimum atomic E-state index is 0.500. The van der Waals surface area contributed by atoms with Crippen molar-refractivity contribution in [3.63, 3.8) is 0 Å². The lowest BCUT2D eigenvalue weighted by Crippen LogP contribution is -1.96. The van der Waals surface area contributed by atoms with Crippen molar-refractivity contribution in [1.29, 1.82) is 0 Å². The number of pyridine rings is 2. The first-order chi connectivity index (χ1) is 20.1. The van der Waals surface area contributed by atoms with Gasteiger partial charge in [-0.3, -0.25) is 9.97 Å². The van der Waals surface area contributed by atoms with Crippen molar-refractivity contribution < 1.29 is 28.4 Å². The number of aromatic nitrogens is 3. The average molecular weight is 554 g/mol. The maximum Gasteiger partial charge on any atom is 0.203 e. The van der Waals surface area contributed by atoms with Gasteiger partial charge in [0.25, 0.3) is 0 Å². The van der Waals surface area contributed by atoms with E-state index in [2.05, 4.69) is 4.98 Å². The maximum absolute atomic E-state index is 5.69. The van der Waals surface area contributed by atoms with E-state index in [9.17, 15) is 0 Å². The summed E-state index contributed by atoms with van der Waals surface area (Å²) < 4.78 is 33.9. The topological polar surface area (TPSA) is 97.0 Å². The molecule has 0 radical (unpaired) electrons. The Labute approximate surface area is 238 Å². The molecule has 0 unspecified atom stereocenters. The largest absolute Gasteiger partial charge is 0.493 e. The molecular formula is C32H31N3O6. The number of ether oxygens (including phenoxy) is 6. The van der Waals surface area contributed by atoms with E-state index in [1.54, 1.807) is 55.1 Å². The maximum atomic E-state index is 5.69. The lowest BCUT2D eigenvalue weighted by atomic mass is 9.95. The molecule has 0 amide bonds. The summed E-state index contributed by atoms with van der Waals surface area (Å²) >= 11 is 0. The molecule has 0 aliphatic carbocycles. The van der Waals surface area contributed by atoms with Crippen molar-refractivity contribution in [3.8, 4) is 79.5 Å². The van der Waals surface area contributed by atoms with Crippen LogP contribution in [0.25, 0.3) is 45.0 Å². The molecule has 0 atom stereocenters. The predicted molar refractivity (Wildman–Crippen MR) is 157 cm³/mol. The van der Waals surface area contributed by atoms with Gasteiger partial charge in [0.2, 0.25) is 11.5 Å². The predicted octanol–water partition coefficient (Wildman–Crippen LogP) is 6.52. The van der Waals surface area contributed by atoms with Gasteiger partial charge in [0.1, 0.15) is 0 Å². The molecule has 2 aromatic carbocycles. The third-order valence-corrected chi connectivity index (χ3v) is 6.75. The second kappa shape index (κ2) is 11.9. The van der Waals surface area contributed by atoms with Crippen LogP contribution in [0.4, 0.5) is 0 Å². The number of benzene rings is 2. The van der Waals surface area contributed by atoms with Gasteiger partial charge in [-0.25, -0.2) is 0 Å². The Hall–Kier alpha value is -5.18. The van der Waals surface area contributed by atoms with Crippen molar-refractivity contribution in [1.82, 2.24) is 15.0 Å². The van der Waals surface area contributed by atoms with E-state index in [-0.39, 0.29) is 0 Å². The van der Waals surface area contributed by atoms with Gasteiger partial charge in [-0.2, -0.15) is 0 Å². The van der Waals surface area contributed by atoms with Crippen LogP contribution < -0.4 is 28.4 Å². The smallest absolute Gasteiger partial charge is 0.203 e. The van der Waals surface area contributed by atoms with E-state index in [1.165, 1.54) is 0 Å². The molecular weight excluding hydrogens is 522 g/mol. The Kier molecular flexibility index (Phi) is 7.96. The second-order valence-electron chi connectivity index (χ2n) is 8.88. The fourth-order valence-corrected chi connectivity index (χ4v) is 4.92. The number of nitrogens with zero attached hydrogens (tertiary/aromatic N) is 2. The van der Waals surface area contributed by atoms with E-state index in [0.29, 0.717) is 34.5 Å². The van der Waals surface area contributed by atoms with Gasteiger partial charge < -0.3 is 33.4 Å². The number of nitrogens with one attached hydrogen (secondary N) is 1. The van der Waals surface area contributed by atoms with Crippen LogP contribution in [0.15, 0.2) is 73.1 Å². The monoisotopic (exact) mass is 553 g/mol. The molecule has 0 fully saturated rings. The van der Waals surface area contributed by atoms with E-state index in [0.717, 1.165) is 45.0 Å². The fourth-order valence-electron chi connectivity index (χ4n) is 4.92. The van der Waals surface area contributed by atoms with Crippen molar-refractivity contribution in [3.05, 3.63) is 73.1 Å². The zero-order chi connectivity index (χ0) is 28.9. The highest BCUT2D eigenvalue weighted by Crippen LogP contribution is 2.50. The highest BCUT2D eigenvalue weighted by molar-refractivity contribution is 6.00. The average Bonchev–Trinajstić information content (AvgIpc) is 3.44. The summed E-state index contributed by atoms with van der Waals surface area (Å²) in [4.78, 5) is 13.2. The van der Waals surface area contributed by atoms with Gasteiger partial charge in [-0.15, -0.1) is 0 Å². The van der Waals surface area contributed by atoms with E-state index in [4.69, 9.17) is 38.4 Å². The van der Waals surface area contributed by atoms with Gasteiger partial charge in [-0.1, -0.05) is 12.1 Å². The Balaban J connectivity index is 1.92. The molecule has 0 saturated carbocycles. The van der Waals surface area contributed by atoms with Crippen LogP contribution in [0.5, 0.6) is 34.5 Å². The third kappa shape index (κ3) is 4.98. The lowest BCUT2D eigenvalue weighted by Gasteiger charge is -2.15. The first-order valence-corrected chi connectivity index (χ1v) is 12.8. The van der Waals surface area contributed by atoms with Crippen molar-refractivity contribution in [2.75, 3.05) is 42.7 Å². The highest BCUT2D eigenvalue weighted by atomic mass is 16.5. The quantitative estimate of drug-likeness (QED) is 0.209. The molecule has 3 aromatic heterocycles. The molecule has 210 valence electrons. The number of aromatic amines is 1. The fraction of sp³-hybridized carbons (Fsp3) is 0.188. The minimum absolute atomic E-state index is 0.500. The zero-order valence-corrected chi connectivity index (χ0v) is 23.8. The first kappa shape index (κ1) is 27.4. The van der Waals surface area contributed by atoms with Gasteiger partial charge in [0.05, 0.1) is 65.4 Å². The summed E-state index contributed by atoms with van der Waals surface area (Å²) in [7, 11) is 9.53. The summed E-state index contributed by atoms with van der Waals surface area (Å²) in [6.45, 7) is 0. The summed E-state index contributed by atoms with van der Waals surface area (Å²) in [6.07, 6.45) is 3.53. The standard InChI is InChI=1S/C32H31N3O6/c1-36-23-15-19(16-24(37-2)31(23)40-5)29-27(21-11-7-9-13-33-21)28(22-12-8-10-14-34-22)30(35-29)20-17-25(38-3)32(41-6)26(18-20)39-4/h7-18,35H,1-6H3. The van der Waals surface area contributed by atoms with Crippen LogP contribution in [0, 0.1) is 0 Å². The van der Waals surface area contributed by atoms with Crippen LogP contribution >= 0.6 is 0 Å². The molecule has 9 heteroatoms. The minimum Gasteiger partial charge on any atom is -0.493 e. The number of hydrogen-bond acceptors (Lipinski definition) is 8. The van der Waals surface area contributed by atoms with Crippen molar-refractivity contribution >= 4 is 0 Å². The Morgan fingerprint density at radius 1 is 0.488 bits per heavy atom. The number of rotatable bonds is 10. The molecule has 0 aliphatic rings. The summed E-state index contributed by atoms with van der Waals surface area (Å²) in [5, 5.41) is 0.